The highest BCUT2D eigenvalue weighted by Crippen LogP contribution is 2.47. The van der Waals surface area contributed by atoms with Crippen LogP contribution < -0.4 is 0 Å². The number of benzene rings is 8. The Kier molecular flexibility index (Phi) is 4.67. The van der Waals surface area contributed by atoms with Gasteiger partial charge in [-0.3, -0.25) is 0 Å². The molecule has 0 spiro atoms. The molecule has 0 saturated carbocycles. The quantitative estimate of drug-likeness (QED) is 0.207. The van der Waals surface area contributed by atoms with Crippen LogP contribution in [0.15, 0.2) is 150 Å². The van der Waals surface area contributed by atoms with Crippen LogP contribution in [0.1, 0.15) is 0 Å². The van der Waals surface area contributed by atoms with E-state index >= 15 is 0 Å². The molecule has 1 aromatic heterocycles. The van der Waals surface area contributed by atoms with Gasteiger partial charge in [0, 0.05) is 10.8 Å². The van der Waals surface area contributed by atoms with Gasteiger partial charge in [0.2, 0.25) is 0 Å². The van der Waals surface area contributed by atoms with Crippen LogP contribution in [-0.4, -0.2) is 0 Å². The van der Waals surface area contributed by atoms with Crippen molar-refractivity contribution in [2.75, 3.05) is 0 Å². The number of furan rings is 1. The number of fused-ring (bicyclic) bond motifs is 8. The average molecular weight is 521 g/mol. The van der Waals surface area contributed by atoms with Crippen LogP contribution in [0, 0.1) is 0 Å². The number of hydrogen-bond acceptors (Lipinski definition) is 1. The van der Waals surface area contributed by atoms with Gasteiger partial charge < -0.3 is 4.42 Å². The molecule has 0 N–H and O–H groups in total. The Morgan fingerprint density at radius 3 is 1.51 bits per heavy atom. The van der Waals surface area contributed by atoms with Crippen LogP contribution in [0.4, 0.5) is 0 Å². The summed E-state index contributed by atoms with van der Waals surface area (Å²) < 4.78 is 6.65. The minimum Gasteiger partial charge on any atom is -0.456 e. The van der Waals surface area contributed by atoms with E-state index in [-0.39, 0.29) is 0 Å². The van der Waals surface area contributed by atoms with Gasteiger partial charge in [-0.15, -0.1) is 0 Å². The molecule has 0 saturated heterocycles. The molecule has 9 aromatic rings. The molecule has 190 valence electrons. The van der Waals surface area contributed by atoms with Crippen LogP contribution in [0.3, 0.4) is 0 Å². The Hall–Kier alpha value is -5.40. The Balaban J connectivity index is 1.47. The Morgan fingerprint density at radius 1 is 0.341 bits per heavy atom. The smallest absolute Gasteiger partial charge is 0.136 e. The Morgan fingerprint density at radius 2 is 0.854 bits per heavy atom. The molecule has 0 aliphatic heterocycles. The first-order valence-electron chi connectivity index (χ1n) is 14.1. The van der Waals surface area contributed by atoms with Crippen LogP contribution in [0.5, 0.6) is 0 Å². The summed E-state index contributed by atoms with van der Waals surface area (Å²) in [4.78, 5) is 0. The second-order valence-electron chi connectivity index (χ2n) is 10.8. The van der Waals surface area contributed by atoms with E-state index in [0.29, 0.717) is 0 Å². The summed E-state index contributed by atoms with van der Waals surface area (Å²) in [6.45, 7) is 0. The average Bonchev–Trinajstić information content (AvgIpc) is 3.40. The maximum Gasteiger partial charge on any atom is 0.136 e. The van der Waals surface area contributed by atoms with Crippen molar-refractivity contribution in [2.45, 2.75) is 0 Å². The normalized spacial score (nSPS) is 11.9. The highest BCUT2D eigenvalue weighted by Gasteiger charge is 2.20. The van der Waals surface area contributed by atoms with Crippen molar-refractivity contribution in [3.05, 3.63) is 146 Å². The van der Waals surface area contributed by atoms with Gasteiger partial charge in [-0.2, -0.15) is 0 Å². The van der Waals surface area contributed by atoms with E-state index in [9.17, 15) is 0 Å². The largest absolute Gasteiger partial charge is 0.456 e. The first-order valence-corrected chi connectivity index (χ1v) is 14.1. The van der Waals surface area contributed by atoms with Crippen molar-refractivity contribution >= 4 is 65.0 Å². The fraction of sp³-hybridized carbons (Fsp3) is 0. The summed E-state index contributed by atoms with van der Waals surface area (Å²) in [5, 5.41) is 12.2. The molecule has 0 amide bonds. The molecule has 0 radical (unpaired) electrons. The van der Waals surface area contributed by atoms with Gasteiger partial charge in [0.15, 0.2) is 0 Å². The second kappa shape index (κ2) is 8.55. The Labute approximate surface area is 236 Å². The molecule has 0 atom stereocenters. The molecule has 0 fully saturated rings. The number of hydrogen-bond donors (Lipinski definition) is 0. The van der Waals surface area contributed by atoms with E-state index in [4.69, 9.17) is 4.42 Å². The lowest BCUT2D eigenvalue weighted by Gasteiger charge is -2.19. The van der Waals surface area contributed by atoms with Crippen molar-refractivity contribution in [1.29, 1.82) is 0 Å². The van der Waals surface area contributed by atoms with E-state index in [1.807, 2.05) is 0 Å². The maximum absolute atomic E-state index is 6.65. The van der Waals surface area contributed by atoms with Crippen molar-refractivity contribution < 1.29 is 4.42 Å². The van der Waals surface area contributed by atoms with Crippen molar-refractivity contribution in [3.63, 3.8) is 0 Å². The molecule has 0 bridgehead atoms. The van der Waals surface area contributed by atoms with E-state index in [1.54, 1.807) is 0 Å². The van der Waals surface area contributed by atoms with Gasteiger partial charge in [0.05, 0.1) is 0 Å². The standard InChI is InChI=1S/C40H24O/c1-2-12-25(13-3-1)38-30-18-8-10-20-32(30)39(33-21-11-9-19-31(33)38)34-24-37-40(29-17-7-6-16-28(29)34)35-22-26-14-4-5-15-27(26)23-36(35)41-37/h1-24H. The summed E-state index contributed by atoms with van der Waals surface area (Å²) in [5.74, 6) is 0. The van der Waals surface area contributed by atoms with E-state index < -0.39 is 0 Å². The third-order valence-electron chi connectivity index (χ3n) is 8.61. The van der Waals surface area contributed by atoms with Gasteiger partial charge in [0.1, 0.15) is 11.2 Å². The summed E-state index contributed by atoms with van der Waals surface area (Å²) in [5.41, 5.74) is 6.81. The minimum absolute atomic E-state index is 0.921. The predicted molar refractivity (Wildman–Crippen MR) is 175 cm³/mol. The molecule has 0 aliphatic carbocycles. The molecule has 1 nitrogen and oxygen atoms in total. The lowest BCUT2D eigenvalue weighted by atomic mass is 9.84. The molecular formula is C40H24O. The van der Waals surface area contributed by atoms with Crippen LogP contribution in [0.2, 0.25) is 0 Å². The topological polar surface area (TPSA) is 13.1 Å². The van der Waals surface area contributed by atoms with Gasteiger partial charge in [-0.05, 0) is 83.5 Å². The zero-order valence-electron chi connectivity index (χ0n) is 22.3. The monoisotopic (exact) mass is 520 g/mol. The van der Waals surface area contributed by atoms with Gasteiger partial charge >= 0.3 is 0 Å². The van der Waals surface area contributed by atoms with Crippen molar-refractivity contribution in [2.24, 2.45) is 0 Å². The zero-order valence-corrected chi connectivity index (χ0v) is 22.3. The maximum atomic E-state index is 6.65. The van der Waals surface area contributed by atoms with Crippen LogP contribution in [0.25, 0.3) is 87.3 Å². The fourth-order valence-electron chi connectivity index (χ4n) is 6.87. The molecule has 8 aromatic carbocycles. The molecule has 9 rings (SSSR count). The SMILES string of the molecule is c1ccc(-c2c3ccccc3c(-c3cc4oc5cc6ccccc6cc5c4c4ccccc34)c3ccccc23)cc1. The first-order chi connectivity index (χ1) is 20.3. The predicted octanol–water partition coefficient (Wildman–Crippen LogP) is 11.5. The zero-order chi connectivity index (χ0) is 26.9. The molecule has 0 unspecified atom stereocenters. The van der Waals surface area contributed by atoms with Crippen molar-refractivity contribution in [1.82, 2.24) is 0 Å². The fourth-order valence-corrected chi connectivity index (χ4v) is 6.87. The lowest BCUT2D eigenvalue weighted by molar-refractivity contribution is 0.670. The van der Waals surface area contributed by atoms with Gasteiger partial charge in [0.25, 0.3) is 0 Å². The highest BCUT2D eigenvalue weighted by molar-refractivity contribution is 6.28. The summed E-state index contributed by atoms with van der Waals surface area (Å²) >= 11 is 0. The van der Waals surface area contributed by atoms with Crippen LogP contribution >= 0.6 is 0 Å². The van der Waals surface area contributed by atoms with Crippen molar-refractivity contribution in [3.8, 4) is 22.3 Å². The molecular weight excluding hydrogens is 496 g/mol. The molecule has 1 heterocycles. The molecule has 1 heteroatoms. The van der Waals surface area contributed by atoms with E-state index in [0.717, 1.165) is 16.6 Å². The Bertz CT molecular complexity index is 2410. The minimum atomic E-state index is 0.921. The molecule has 0 aliphatic rings. The van der Waals surface area contributed by atoms with E-state index in [1.165, 1.54) is 70.7 Å². The molecule has 41 heavy (non-hydrogen) atoms. The van der Waals surface area contributed by atoms with E-state index in [2.05, 4.69) is 146 Å². The number of rotatable bonds is 2. The van der Waals surface area contributed by atoms with Crippen LogP contribution in [-0.2, 0) is 0 Å². The summed E-state index contributed by atoms with van der Waals surface area (Å²) in [7, 11) is 0. The first kappa shape index (κ1) is 22.4. The highest BCUT2D eigenvalue weighted by atomic mass is 16.3. The third kappa shape index (κ3) is 3.24. The summed E-state index contributed by atoms with van der Waals surface area (Å²) in [6, 6.07) is 52.5. The van der Waals surface area contributed by atoms with Gasteiger partial charge in [-0.1, -0.05) is 127 Å². The third-order valence-corrected chi connectivity index (χ3v) is 8.61. The summed E-state index contributed by atoms with van der Waals surface area (Å²) in [6.07, 6.45) is 0. The lowest BCUT2D eigenvalue weighted by Crippen LogP contribution is -1.91. The van der Waals surface area contributed by atoms with Gasteiger partial charge in [-0.25, -0.2) is 0 Å². The second-order valence-corrected chi connectivity index (χ2v) is 10.8.